The van der Waals surface area contributed by atoms with Crippen LogP contribution in [0.5, 0.6) is 0 Å². The number of hydrogen-bond acceptors (Lipinski definition) is 1. The van der Waals surface area contributed by atoms with Gasteiger partial charge >= 0.3 is 0 Å². The van der Waals surface area contributed by atoms with Gasteiger partial charge in [-0.3, -0.25) is 4.79 Å². The third-order valence-electron chi connectivity index (χ3n) is 3.18. The number of hydrogen-bond donors (Lipinski definition) is 0. The molecule has 20 heavy (non-hydrogen) atoms. The highest BCUT2D eigenvalue weighted by Gasteiger charge is 2.13. The molecule has 2 aromatic carbocycles. The largest absolute Gasteiger partial charge is 0.337 e. The molecule has 3 heteroatoms. The van der Waals surface area contributed by atoms with Crippen LogP contribution in [0, 0.1) is 13.8 Å². The van der Waals surface area contributed by atoms with Gasteiger partial charge in [0.1, 0.15) is 0 Å². The number of carbonyl (C=O) groups is 1. The van der Waals surface area contributed by atoms with Crippen LogP contribution in [0.2, 0.25) is 5.02 Å². The Morgan fingerprint density at radius 1 is 1.10 bits per heavy atom. The number of aryl methyl sites for hydroxylation is 2. The molecular weight excluding hydrogens is 270 g/mol. The van der Waals surface area contributed by atoms with Crippen molar-refractivity contribution in [3.05, 3.63) is 69.7 Å². The molecule has 0 radical (unpaired) electrons. The molecular formula is C17H18ClNO. The van der Waals surface area contributed by atoms with Crippen LogP contribution in [0.1, 0.15) is 27.0 Å². The van der Waals surface area contributed by atoms with E-state index in [1.165, 1.54) is 0 Å². The smallest absolute Gasteiger partial charge is 0.253 e. The standard InChI is InChI=1S/C17H18ClNO/c1-12-8-13(2)10-15(9-12)17(20)19(3)11-14-6-4-5-7-16(14)18/h4-10H,11H2,1-3H3. The van der Waals surface area contributed by atoms with Gasteiger partial charge in [-0.2, -0.15) is 0 Å². The molecule has 0 aromatic heterocycles. The minimum absolute atomic E-state index is 0.0109. The highest BCUT2D eigenvalue weighted by Crippen LogP contribution is 2.18. The lowest BCUT2D eigenvalue weighted by Gasteiger charge is -2.18. The van der Waals surface area contributed by atoms with E-state index in [1.54, 1.807) is 11.9 Å². The van der Waals surface area contributed by atoms with Crippen molar-refractivity contribution in [1.82, 2.24) is 4.90 Å². The Kier molecular flexibility index (Phi) is 4.46. The summed E-state index contributed by atoms with van der Waals surface area (Å²) in [5.74, 6) is 0.0109. The van der Waals surface area contributed by atoms with Gasteiger partial charge in [0.15, 0.2) is 0 Å². The predicted octanol–water partition coefficient (Wildman–Crippen LogP) is 4.23. The number of amides is 1. The molecule has 1 amide bonds. The quantitative estimate of drug-likeness (QED) is 0.827. The van der Waals surface area contributed by atoms with Crippen LogP contribution in [-0.2, 0) is 6.54 Å². The van der Waals surface area contributed by atoms with Gasteiger partial charge in [0, 0.05) is 24.2 Å². The van der Waals surface area contributed by atoms with E-state index in [4.69, 9.17) is 11.6 Å². The van der Waals surface area contributed by atoms with Crippen LogP contribution >= 0.6 is 11.6 Å². The van der Waals surface area contributed by atoms with Crippen molar-refractivity contribution in [2.24, 2.45) is 0 Å². The summed E-state index contributed by atoms with van der Waals surface area (Å²) in [6.07, 6.45) is 0. The van der Waals surface area contributed by atoms with Crippen molar-refractivity contribution in [3.8, 4) is 0 Å². The molecule has 0 bridgehead atoms. The fourth-order valence-corrected chi connectivity index (χ4v) is 2.47. The van der Waals surface area contributed by atoms with E-state index in [9.17, 15) is 4.79 Å². The summed E-state index contributed by atoms with van der Waals surface area (Å²) in [7, 11) is 1.79. The van der Waals surface area contributed by atoms with E-state index in [0.717, 1.165) is 22.3 Å². The van der Waals surface area contributed by atoms with Crippen molar-refractivity contribution in [3.63, 3.8) is 0 Å². The van der Waals surface area contributed by atoms with Gasteiger partial charge in [-0.25, -0.2) is 0 Å². The van der Waals surface area contributed by atoms with Crippen molar-refractivity contribution in [2.45, 2.75) is 20.4 Å². The topological polar surface area (TPSA) is 20.3 Å². The van der Waals surface area contributed by atoms with E-state index in [-0.39, 0.29) is 5.91 Å². The first-order chi connectivity index (χ1) is 9.47. The fourth-order valence-electron chi connectivity index (χ4n) is 2.27. The van der Waals surface area contributed by atoms with Crippen molar-refractivity contribution in [2.75, 3.05) is 7.05 Å². The first-order valence-corrected chi connectivity index (χ1v) is 6.92. The van der Waals surface area contributed by atoms with E-state index in [0.29, 0.717) is 11.6 Å². The Balaban J connectivity index is 2.18. The summed E-state index contributed by atoms with van der Waals surface area (Å²) >= 11 is 6.13. The Bertz CT molecular complexity index is 616. The molecule has 0 spiro atoms. The van der Waals surface area contributed by atoms with Gasteiger partial charge in [-0.1, -0.05) is 47.0 Å². The maximum Gasteiger partial charge on any atom is 0.253 e. The lowest BCUT2D eigenvalue weighted by Crippen LogP contribution is -2.26. The molecule has 0 saturated heterocycles. The zero-order valence-electron chi connectivity index (χ0n) is 12.0. The maximum absolute atomic E-state index is 12.4. The normalized spacial score (nSPS) is 10.4. The van der Waals surface area contributed by atoms with E-state index >= 15 is 0 Å². The molecule has 104 valence electrons. The molecule has 0 unspecified atom stereocenters. The summed E-state index contributed by atoms with van der Waals surface area (Å²) in [6, 6.07) is 13.5. The van der Waals surface area contributed by atoms with E-state index in [1.807, 2.05) is 50.2 Å². The monoisotopic (exact) mass is 287 g/mol. The van der Waals surface area contributed by atoms with Gasteiger partial charge in [0.2, 0.25) is 0 Å². The fraction of sp³-hybridized carbons (Fsp3) is 0.235. The number of rotatable bonds is 3. The van der Waals surface area contributed by atoms with Gasteiger partial charge in [0.25, 0.3) is 5.91 Å². The Hall–Kier alpha value is -1.80. The molecule has 2 nitrogen and oxygen atoms in total. The number of nitrogens with zero attached hydrogens (tertiary/aromatic N) is 1. The predicted molar refractivity (Wildman–Crippen MR) is 83.2 cm³/mol. The SMILES string of the molecule is Cc1cc(C)cc(C(=O)N(C)Cc2ccccc2Cl)c1. The number of halogens is 1. The number of carbonyl (C=O) groups excluding carboxylic acids is 1. The Morgan fingerprint density at radius 2 is 1.70 bits per heavy atom. The van der Waals surface area contributed by atoms with Crippen molar-refractivity contribution >= 4 is 17.5 Å². The Morgan fingerprint density at radius 3 is 2.30 bits per heavy atom. The molecule has 0 heterocycles. The van der Waals surface area contributed by atoms with Crippen LogP contribution in [-0.4, -0.2) is 17.9 Å². The van der Waals surface area contributed by atoms with Gasteiger partial charge < -0.3 is 4.90 Å². The molecule has 0 aliphatic carbocycles. The van der Waals surface area contributed by atoms with Gasteiger partial charge in [0.05, 0.1) is 0 Å². The third-order valence-corrected chi connectivity index (χ3v) is 3.55. The van der Waals surface area contributed by atoms with Gasteiger partial charge in [-0.15, -0.1) is 0 Å². The lowest BCUT2D eigenvalue weighted by molar-refractivity contribution is 0.0785. The van der Waals surface area contributed by atoms with Crippen LogP contribution < -0.4 is 0 Å². The van der Waals surface area contributed by atoms with Crippen molar-refractivity contribution < 1.29 is 4.79 Å². The highest BCUT2D eigenvalue weighted by molar-refractivity contribution is 6.31. The third kappa shape index (κ3) is 3.40. The zero-order chi connectivity index (χ0) is 14.7. The van der Waals surface area contributed by atoms with Crippen LogP contribution in [0.3, 0.4) is 0 Å². The first-order valence-electron chi connectivity index (χ1n) is 6.54. The van der Waals surface area contributed by atoms with Gasteiger partial charge in [-0.05, 0) is 37.6 Å². The van der Waals surface area contributed by atoms with Crippen LogP contribution in [0.25, 0.3) is 0 Å². The first kappa shape index (κ1) is 14.6. The second kappa shape index (κ2) is 6.10. The van der Waals surface area contributed by atoms with Crippen molar-refractivity contribution in [1.29, 1.82) is 0 Å². The minimum Gasteiger partial charge on any atom is -0.337 e. The van der Waals surface area contributed by atoms with E-state index < -0.39 is 0 Å². The summed E-state index contributed by atoms with van der Waals surface area (Å²) in [4.78, 5) is 14.1. The Labute approximate surface area is 125 Å². The maximum atomic E-state index is 12.4. The average Bonchev–Trinajstić information content (AvgIpc) is 2.39. The molecule has 0 atom stereocenters. The average molecular weight is 288 g/mol. The minimum atomic E-state index is 0.0109. The number of benzene rings is 2. The second-order valence-electron chi connectivity index (χ2n) is 5.13. The molecule has 2 aromatic rings. The summed E-state index contributed by atoms with van der Waals surface area (Å²) < 4.78 is 0. The molecule has 0 aliphatic heterocycles. The summed E-state index contributed by atoms with van der Waals surface area (Å²) in [5.41, 5.74) is 3.87. The summed E-state index contributed by atoms with van der Waals surface area (Å²) in [6.45, 7) is 4.50. The van der Waals surface area contributed by atoms with Crippen LogP contribution in [0.15, 0.2) is 42.5 Å². The molecule has 0 aliphatic rings. The molecule has 0 saturated carbocycles. The molecule has 0 fully saturated rings. The zero-order valence-corrected chi connectivity index (χ0v) is 12.7. The van der Waals surface area contributed by atoms with Crippen LogP contribution in [0.4, 0.5) is 0 Å². The van der Waals surface area contributed by atoms with E-state index in [2.05, 4.69) is 6.07 Å². The molecule has 0 N–H and O–H groups in total. The lowest BCUT2D eigenvalue weighted by atomic mass is 10.1. The molecule has 2 rings (SSSR count). The second-order valence-corrected chi connectivity index (χ2v) is 5.54. The highest BCUT2D eigenvalue weighted by atomic mass is 35.5. The summed E-state index contributed by atoms with van der Waals surface area (Å²) in [5, 5.41) is 0.688.